The highest BCUT2D eigenvalue weighted by Crippen LogP contribution is 2.45. The fourth-order valence-electron chi connectivity index (χ4n) is 4.08. The third kappa shape index (κ3) is 4.10. The highest BCUT2D eigenvalue weighted by molar-refractivity contribution is 6.07. The molecule has 2 aliphatic rings. The molecule has 160 valence electrons. The van der Waals surface area contributed by atoms with E-state index in [2.05, 4.69) is 4.99 Å². The van der Waals surface area contributed by atoms with Crippen LogP contribution in [0, 0.1) is 12.8 Å². The van der Waals surface area contributed by atoms with E-state index in [-0.39, 0.29) is 13.2 Å². The van der Waals surface area contributed by atoms with Crippen LogP contribution in [0.1, 0.15) is 36.5 Å². The zero-order chi connectivity index (χ0) is 22.0. The lowest BCUT2D eigenvalue weighted by atomic mass is 9.75. The molecule has 0 bridgehead atoms. The molecular weight excluding hydrogens is 394 g/mol. The maximum atomic E-state index is 12.9. The van der Waals surface area contributed by atoms with Gasteiger partial charge in [-0.2, -0.15) is 0 Å². The van der Waals surface area contributed by atoms with Crippen LogP contribution in [-0.4, -0.2) is 30.9 Å². The number of cyclic esters (lactones) is 1. The molecule has 0 saturated heterocycles. The summed E-state index contributed by atoms with van der Waals surface area (Å²) in [6.07, 6.45) is 0. The minimum Gasteiger partial charge on any atom is -0.489 e. The summed E-state index contributed by atoms with van der Waals surface area (Å²) in [4.78, 5) is 30.0. The molecule has 2 aromatic carbocycles. The first-order valence-electron chi connectivity index (χ1n) is 10.4. The fraction of sp³-hybridized carbons (Fsp3) is 0.320. The van der Waals surface area contributed by atoms with Gasteiger partial charge < -0.3 is 14.2 Å². The number of hydrogen-bond donors (Lipinski definition) is 0. The molecule has 0 aromatic heterocycles. The monoisotopic (exact) mass is 419 g/mol. The average Bonchev–Trinajstić information content (AvgIpc) is 3.13. The molecule has 6 nitrogen and oxygen atoms in total. The summed E-state index contributed by atoms with van der Waals surface area (Å²) in [6, 6.07) is 15.6. The Morgan fingerprint density at radius 1 is 1.13 bits per heavy atom. The number of nitrogens with zero attached hydrogens (tertiary/aromatic N) is 1. The third-order valence-corrected chi connectivity index (χ3v) is 5.59. The number of hydrogen-bond acceptors (Lipinski definition) is 6. The lowest BCUT2D eigenvalue weighted by Gasteiger charge is -2.30. The van der Waals surface area contributed by atoms with Crippen LogP contribution in [-0.2, 0) is 25.7 Å². The number of aliphatic imine (C=N–C) groups is 1. The number of carbonyl (C=O) groups is 2. The molecule has 2 heterocycles. The molecule has 31 heavy (non-hydrogen) atoms. The minimum absolute atomic E-state index is 0.115. The van der Waals surface area contributed by atoms with E-state index in [4.69, 9.17) is 14.2 Å². The summed E-state index contributed by atoms with van der Waals surface area (Å²) in [7, 11) is 0. The van der Waals surface area contributed by atoms with Crippen molar-refractivity contribution < 1.29 is 23.8 Å². The van der Waals surface area contributed by atoms with Gasteiger partial charge in [-0.3, -0.25) is 9.79 Å². The van der Waals surface area contributed by atoms with Gasteiger partial charge in [-0.15, -0.1) is 0 Å². The predicted molar refractivity (Wildman–Crippen MR) is 116 cm³/mol. The lowest BCUT2D eigenvalue weighted by Crippen LogP contribution is -2.35. The van der Waals surface area contributed by atoms with E-state index in [0.29, 0.717) is 29.3 Å². The first kappa shape index (κ1) is 20.8. The fourth-order valence-corrected chi connectivity index (χ4v) is 4.08. The number of benzene rings is 2. The largest absolute Gasteiger partial charge is 0.489 e. The molecule has 2 atom stereocenters. The molecular formula is C25H25NO5. The van der Waals surface area contributed by atoms with Gasteiger partial charge in [0.15, 0.2) is 0 Å². The summed E-state index contributed by atoms with van der Waals surface area (Å²) in [5.74, 6) is -1.53. The molecule has 2 aliphatic heterocycles. The number of ether oxygens (including phenoxy) is 3. The number of esters is 2. The van der Waals surface area contributed by atoms with Gasteiger partial charge in [0.25, 0.3) is 0 Å². The van der Waals surface area contributed by atoms with E-state index >= 15 is 0 Å². The average molecular weight is 419 g/mol. The Morgan fingerprint density at radius 3 is 2.61 bits per heavy atom. The Balaban J connectivity index is 1.73. The van der Waals surface area contributed by atoms with E-state index in [1.165, 1.54) is 5.56 Å². The first-order chi connectivity index (χ1) is 15.0. The first-order valence-corrected chi connectivity index (χ1v) is 10.4. The highest BCUT2D eigenvalue weighted by Gasteiger charge is 2.46. The van der Waals surface area contributed by atoms with Crippen molar-refractivity contribution in [3.8, 4) is 5.75 Å². The van der Waals surface area contributed by atoms with Gasteiger partial charge >= 0.3 is 11.9 Å². The Bertz CT molecular complexity index is 1070. The molecule has 0 saturated carbocycles. The summed E-state index contributed by atoms with van der Waals surface area (Å²) in [6.45, 7) is 6.32. The molecule has 6 heteroatoms. The summed E-state index contributed by atoms with van der Waals surface area (Å²) in [5, 5.41) is 0. The number of rotatable bonds is 6. The van der Waals surface area contributed by atoms with Crippen LogP contribution in [0.5, 0.6) is 5.75 Å². The smallest absolute Gasteiger partial charge is 0.337 e. The molecule has 4 rings (SSSR count). The second-order valence-corrected chi connectivity index (χ2v) is 7.71. The van der Waals surface area contributed by atoms with Gasteiger partial charge in [0.2, 0.25) is 0 Å². The van der Waals surface area contributed by atoms with E-state index in [9.17, 15) is 9.59 Å². The quantitative estimate of drug-likeness (QED) is 0.659. The van der Waals surface area contributed by atoms with Crippen LogP contribution in [0.25, 0.3) is 0 Å². The normalized spacial score (nSPS) is 20.1. The van der Waals surface area contributed by atoms with E-state index in [0.717, 1.165) is 11.1 Å². The standard InChI is InChI=1S/C25H25NO5/c1-4-29-24(27)21-16(3)26-19-14-31-25(28)23(19)22(21)18-7-5-6-8-20(18)30-13-17-11-9-15(2)10-12-17/h5-12,21-22H,4,13-14H2,1-3H3. The van der Waals surface area contributed by atoms with Crippen molar-refractivity contribution in [2.45, 2.75) is 33.3 Å². The number of para-hydroxylation sites is 1. The molecule has 2 aromatic rings. The van der Waals surface area contributed by atoms with E-state index in [1.807, 2.05) is 55.5 Å². The van der Waals surface area contributed by atoms with Crippen LogP contribution in [0.15, 0.2) is 64.8 Å². The molecule has 0 N–H and O–H groups in total. The number of aryl methyl sites for hydroxylation is 1. The lowest BCUT2D eigenvalue weighted by molar-refractivity contribution is -0.146. The molecule has 0 aliphatic carbocycles. The van der Waals surface area contributed by atoms with Crippen molar-refractivity contribution in [3.05, 3.63) is 76.5 Å². The molecule has 0 radical (unpaired) electrons. The topological polar surface area (TPSA) is 74.2 Å². The predicted octanol–water partition coefficient (Wildman–Crippen LogP) is 4.12. The van der Waals surface area contributed by atoms with Crippen LogP contribution in [0.3, 0.4) is 0 Å². The van der Waals surface area contributed by atoms with Crippen molar-refractivity contribution in [2.75, 3.05) is 13.2 Å². The van der Waals surface area contributed by atoms with E-state index < -0.39 is 23.8 Å². The molecule has 2 unspecified atom stereocenters. The summed E-state index contributed by atoms with van der Waals surface area (Å²) >= 11 is 0. The Morgan fingerprint density at radius 2 is 1.87 bits per heavy atom. The molecule has 0 spiro atoms. The molecule has 0 fully saturated rings. The van der Waals surface area contributed by atoms with Crippen LogP contribution in [0.2, 0.25) is 0 Å². The zero-order valence-corrected chi connectivity index (χ0v) is 17.9. The van der Waals surface area contributed by atoms with Crippen molar-refractivity contribution in [3.63, 3.8) is 0 Å². The van der Waals surface area contributed by atoms with E-state index in [1.54, 1.807) is 13.8 Å². The second-order valence-electron chi connectivity index (χ2n) is 7.71. The van der Waals surface area contributed by atoms with Gasteiger partial charge in [-0.05, 0) is 32.4 Å². The van der Waals surface area contributed by atoms with Crippen LogP contribution in [0.4, 0.5) is 0 Å². The zero-order valence-electron chi connectivity index (χ0n) is 17.9. The van der Waals surface area contributed by atoms with Gasteiger partial charge in [0.1, 0.15) is 24.9 Å². The number of carbonyl (C=O) groups excluding carboxylic acids is 2. The van der Waals surface area contributed by atoms with Crippen molar-refractivity contribution in [1.82, 2.24) is 0 Å². The highest BCUT2D eigenvalue weighted by atomic mass is 16.5. The van der Waals surface area contributed by atoms with Crippen LogP contribution >= 0.6 is 0 Å². The maximum Gasteiger partial charge on any atom is 0.337 e. The third-order valence-electron chi connectivity index (χ3n) is 5.59. The summed E-state index contributed by atoms with van der Waals surface area (Å²) in [5.41, 5.74) is 4.54. The van der Waals surface area contributed by atoms with Crippen molar-refractivity contribution >= 4 is 17.7 Å². The molecule has 0 amide bonds. The van der Waals surface area contributed by atoms with Crippen LogP contribution < -0.4 is 4.74 Å². The second kappa shape index (κ2) is 8.76. The summed E-state index contributed by atoms with van der Waals surface area (Å²) < 4.78 is 16.7. The van der Waals surface area contributed by atoms with Crippen molar-refractivity contribution in [2.24, 2.45) is 10.9 Å². The van der Waals surface area contributed by atoms with Gasteiger partial charge in [0, 0.05) is 17.2 Å². The van der Waals surface area contributed by atoms with Gasteiger partial charge in [-0.1, -0.05) is 48.0 Å². The SMILES string of the molecule is CCOC(=O)C1C(C)=NC2=C(C(=O)OC2)C1c1ccccc1OCc1ccc(C)cc1. The van der Waals surface area contributed by atoms with Crippen molar-refractivity contribution in [1.29, 1.82) is 0 Å². The Hall–Kier alpha value is -3.41. The van der Waals surface area contributed by atoms with Gasteiger partial charge in [-0.25, -0.2) is 4.79 Å². The Labute approximate surface area is 181 Å². The van der Waals surface area contributed by atoms with Gasteiger partial charge in [0.05, 0.1) is 17.9 Å². The maximum absolute atomic E-state index is 12.9. The minimum atomic E-state index is -0.714. The Kier molecular flexibility index (Phi) is 5.89.